The highest BCUT2D eigenvalue weighted by Gasteiger charge is 2.35. The van der Waals surface area contributed by atoms with E-state index in [1.165, 1.54) is 0 Å². The van der Waals surface area contributed by atoms with Gasteiger partial charge in [0.25, 0.3) is 0 Å². The summed E-state index contributed by atoms with van der Waals surface area (Å²) in [7, 11) is 0. The van der Waals surface area contributed by atoms with E-state index >= 15 is 0 Å². The van der Waals surface area contributed by atoms with Crippen LogP contribution in [0.5, 0.6) is 5.75 Å². The molecule has 0 aliphatic heterocycles. The second-order valence-corrected chi connectivity index (χ2v) is 8.83. The Morgan fingerprint density at radius 2 is 1.23 bits per heavy atom. The van der Waals surface area contributed by atoms with Crippen molar-refractivity contribution in [3.63, 3.8) is 0 Å². The van der Waals surface area contributed by atoms with Crippen LogP contribution in [0, 0.1) is 5.92 Å². The highest BCUT2D eigenvalue weighted by Crippen LogP contribution is 2.41. The number of hydrogen-bond acceptors (Lipinski definition) is 4. The molecule has 144 valence electrons. The number of hydrogen-bond donors (Lipinski definition) is 3. The molecule has 0 aliphatic rings. The number of carbonyl (C=O) groups excluding carboxylic acids is 3. The quantitative estimate of drug-likeness (QED) is 0.695. The minimum absolute atomic E-state index is 0.190. The Morgan fingerprint density at radius 1 is 0.885 bits per heavy atom. The van der Waals surface area contributed by atoms with E-state index in [0.29, 0.717) is 16.7 Å². The SMILES string of the molecule is CC(C(=O)C(C(N)=O)C(N)=O)c1cc(C(C)(C)C)c(O)c(C(C)(C)C)c1. The minimum atomic E-state index is -1.67. The molecule has 0 spiro atoms. The van der Waals surface area contributed by atoms with Gasteiger partial charge in [-0.2, -0.15) is 0 Å². The fourth-order valence-electron chi connectivity index (χ4n) is 2.89. The number of aromatic hydroxyl groups is 1. The molecule has 0 fully saturated rings. The Labute approximate surface area is 154 Å². The monoisotopic (exact) mass is 362 g/mol. The van der Waals surface area contributed by atoms with E-state index < -0.39 is 29.4 Å². The van der Waals surface area contributed by atoms with E-state index in [9.17, 15) is 19.5 Å². The number of carbonyl (C=O) groups is 3. The van der Waals surface area contributed by atoms with E-state index in [-0.39, 0.29) is 16.6 Å². The number of benzene rings is 1. The van der Waals surface area contributed by atoms with Gasteiger partial charge in [0.1, 0.15) is 5.75 Å². The number of nitrogens with two attached hydrogens (primary N) is 2. The molecule has 6 heteroatoms. The molecule has 1 aromatic rings. The van der Waals surface area contributed by atoms with E-state index in [1.807, 2.05) is 41.5 Å². The summed E-state index contributed by atoms with van der Waals surface area (Å²) in [4.78, 5) is 35.6. The van der Waals surface area contributed by atoms with Gasteiger partial charge in [0.05, 0.1) is 0 Å². The molecular formula is C20H30N2O4. The van der Waals surface area contributed by atoms with Gasteiger partial charge in [-0.1, -0.05) is 60.6 Å². The fraction of sp³-hybridized carbons (Fsp3) is 0.550. The van der Waals surface area contributed by atoms with Gasteiger partial charge in [0.2, 0.25) is 11.8 Å². The normalized spacial score (nSPS) is 13.5. The van der Waals surface area contributed by atoms with Crippen LogP contribution in [0.4, 0.5) is 0 Å². The van der Waals surface area contributed by atoms with E-state index in [0.717, 1.165) is 0 Å². The molecule has 0 heterocycles. The first kappa shape index (κ1) is 21.7. The third kappa shape index (κ3) is 4.42. The first-order valence-corrected chi connectivity index (χ1v) is 8.59. The molecule has 26 heavy (non-hydrogen) atoms. The highest BCUT2D eigenvalue weighted by atomic mass is 16.3. The lowest BCUT2D eigenvalue weighted by molar-refractivity contribution is -0.139. The van der Waals surface area contributed by atoms with Crippen LogP contribution < -0.4 is 11.5 Å². The van der Waals surface area contributed by atoms with Crippen LogP contribution in [0.1, 0.15) is 71.1 Å². The van der Waals surface area contributed by atoms with Gasteiger partial charge >= 0.3 is 0 Å². The van der Waals surface area contributed by atoms with Gasteiger partial charge in [-0.25, -0.2) is 0 Å². The third-order valence-corrected chi connectivity index (χ3v) is 4.53. The molecule has 1 atom stereocenters. The lowest BCUT2D eigenvalue weighted by Gasteiger charge is -2.29. The van der Waals surface area contributed by atoms with Gasteiger partial charge in [-0.15, -0.1) is 0 Å². The summed E-state index contributed by atoms with van der Waals surface area (Å²) in [6.07, 6.45) is 0. The molecule has 1 unspecified atom stereocenters. The zero-order valence-corrected chi connectivity index (χ0v) is 16.6. The number of rotatable bonds is 5. The van der Waals surface area contributed by atoms with Crippen molar-refractivity contribution in [2.45, 2.75) is 65.2 Å². The third-order valence-electron chi connectivity index (χ3n) is 4.53. The summed E-state index contributed by atoms with van der Waals surface area (Å²) >= 11 is 0. The standard InChI is InChI=1S/C20H30N2O4/c1-10(15(23)14(17(21)25)18(22)26)11-8-12(19(2,3)4)16(24)13(9-11)20(5,6)7/h8-10,14,24H,1-7H3,(H2,21,25)(H2,22,26). The Hall–Kier alpha value is -2.37. The molecule has 6 nitrogen and oxygen atoms in total. The second-order valence-electron chi connectivity index (χ2n) is 8.83. The maximum Gasteiger partial charge on any atom is 0.237 e. The van der Waals surface area contributed by atoms with E-state index in [4.69, 9.17) is 11.5 Å². The number of phenols is 1. The van der Waals surface area contributed by atoms with Crippen molar-refractivity contribution in [1.82, 2.24) is 0 Å². The molecule has 0 aromatic heterocycles. The lowest BCUT2D eigenvalue weighted by atomic mass is 9.76. The van der Waals surface area contributed by atoms with Crippen LogP contribution in [0.3, 0.4) is 0 Å². The minimum Gasteiger partial charge on any atom is -0.507 e. The zero-order chi connectivity index (χ0) is 20.6. The van der Waals surface area contributed by atoms with E-state index in [2.05, 4.69) is 0 Å². The Bertz CT molecular complexity index is 690. The maximum absolute atomic E-state index is 12.7. The molecule has 0 saturated heterocycles. The van der Waals surface area contributed by atoms with E-state index in [1.54, 1.807) is 19.1 Å². The summed E-state index contributed by atoms with van der Waals surface area (Å²) in [5.41, 5.74) is 11.6. The molecular weight excluding hydrogens is 332 g/mol. The van der Waals surface area contributed by atoms with Gasteiger partial charge < -0.3 is 16.6 Å². The summed E-state index contributed by atoms with van der Waals surface area (Å²) in [6, 6.07) is 3.48. The molecule has 1 aromatic carbocycles. The van der Waals surface area contributed by atoms with Crippen LogP contribution in [0.25, 0.3) is 0 Å². The first-order chi connectivity index (χ1) is 11.6. The van der Waals surface area contributed by atoms with Crippen molar-refractivity contribution in [1.29, 1.82) is 0 Å². The molecule has 1 rings (SSSR count). The van der Waals surface area contributed by atoms with Crippen molar-refractivity contribution in [2.75, 3.05) is 0 Å². The molecule has 5 N–H and O–H groups in total. The van der Waals surface area contributed by atoms with Crippen molar-refractivity contribution in [2.24, 2.45) is 17.4 Å². The van der Waals surface area contributed by atoms with Crippen LogP contribution in [-0.2, 0) is 25.2 Å². The van der Waals surface area contributed by atoms with Gasteiger partial charge in [-0.3, -0.25) is 14.4 Å². The van der Waals surface area contributed by atoms with Crippen molar-refractivity contribution < 1.29 is 19.5 Å². The molecule has 0 bridgehead atoms. The largest absolute Gasteiger partial charge is 0.507 e. The predicted molar refractivity (Wildman–Crippen MR) is 101 cm³/mol. The lowest BCUT2D eigenvalue weighted by Crippen LogP contribution is -2.42. The molecule has 0 aliphatic carbocycles. The Kier molecular flexibility index (Phi) is 5.91. The molecule has 2 amide bonds. The van der Waals surface area contributed by atoms with Crippen molar-refractivity contribution >= 4 is 17.6 Å². The van der Waals surface area contributed by atoms with Gasteiger partial charge in [0, 0.05) is 5.92 Å². The zero-order valence-electron chi connectivity index (χ0n) is 16.6. The number of Topliss-reactive ketones (excluding diaryl/α,β-unsaturated/α-hetero) is 1. The van der Waals surface area contributed by atoms with Crippen molar-refractivity contribution in [3.8, 4) is 5.75 Å². The smallest absolute Gasteiger partial charge is 0.237 e. The number of ketones is 1. The summed E-state index contributed by atoms with van der Waals surface area (Å²) < 4.78 is 0. The second kappa shape index (κ2) is 7.09. The first-order valence-electron chi connectivity index (χ1n) is 8.59. The van der Waals surface area contributed by atoms with Crippen LogP contribution >= 0.6 is 0 Å². The molecule has 0 saturated carbocycles. The van der Waals surface area contributed by atoms with Gasteiger partial charge in [-0.05, 0) is 27.5 Å². The topological polar surface area (TPSA) is 123 Å². The number of amides is 2. The molecule has 0 radical (unpaired) electrons. The van der Waals surface area contributed by atoms with Crippen molar-refractivity contribution in [3.05, 3.63) is 28.8 Å². The number of primary amides is 2. The Morgan fingerprint density at radius 3 is 1.50 bits per heavy atom. The average molecular weight is 362 g/mol. The summed E-state index contributed by atoms with van der Waals surface area (Å²) in [6.45, 7) is 13.4. The Balaban J connectivity index is 3.60. The predicted octanol–water partition coefficient (Wildman–Crippen LogP) is 2.25. The fourth-order valence-corrected chi connectivity index (χ4v) is 2.89. The average Bonchev–Trinajstić information content (AvgIpc) is 2.43. The van der Waals surface area contributed by atoms with Gasteiger partial charge in [0.15, 0.2) is 11.7 Å². The van der Waals surface area contributed by atoms with Crippen LogP contribution in [0.2, 0.25) is 0 Å². The van der Waals surface area contributed by atoms with Crippen LogP contribution in [0.15, 0.2) is 12.1 Å². The number of phenolic OH excluding ortho intramolecular Hbond substituents is 1. The summed E-state index contributed by atoms with van der Waals surface area (Å²) in [5, 5.41) is 10.8. The summed E-state index contributed by atoms with van der Waals surface area (Å²) in [5.74, 6) is -5.01. The van der Waals surface area contributed by atoms with Crippen LogP contribution in [-0.4, -0.2) is 22.7 Å². The highest BCUT2D eigenvalue weighted by molar-refractivity contribution is 6.18. The maximum atomic E-state index is 12.7.